The first kappa shape index (κ1) is 12.9. The predicted molar refractivity (Wildman–Crippen MR) is 75.1 cm³/mol. The number of thioether (sulfide) groups is 1. The van der Waals surface area contributed by atoms with Crippen molar-refractivity contribution in [1.29, 1.82) is 0 Å². The maximum atomic E-state index is 11.9. The van der Waals surface area contributed by atoms with Crippen LogP contribution in [0.5, 0.6) is 0 Å². The Morgan fingerprint density at radius 1 is 0.833 bits per heavy atom. The summed E-state index contributed by atoms with van der Waals surface area (Å²) in [5, 5.41) is 2.83. The molecular formula is C14H12O2S2. The van der Waals surface area contributed by atoms with Gasteiger partial charge in [-0.2, -0.15) is 0 Å². The molecule has 0 N–H and O–H groups in total. The van der Waals surface area contributed by atoms with Crippen LogP contribution in [0.3, 0.4) is 0 Å². The molecule has 18 heavy (non-hydrogen) atoms. The van der Waals surface area contributed by atoms with Gasteiger partial charge in [0, 0.05) is 10.3 Å². The third-order valence-electron chi connectivity index (χ3n) is 2.25. The van der Waals surface area contributed by atoms with Gasteiger partial charge in [-0.3, -0.25) is 0 Å². The first-order valence-corrected chi connectivity index (χ1v) is 7.79. The van der Waals surface area contributed by atoms with Gasteiger partial charge in [0.05, 0.1) is 4.90 Å². The van der Waals surface area contributed by atoms with Crippen LogP contribution in [0.4, 0.5) is 0 Å². The summed E-state index contributed by atoms with van der Waals surface area (Å²) >= 11 is 1.38. The summed E-state index contributed by atoms with van der Waals surface area (Å²) in [5.74, 6) is 0. The Hall–Kier alpha value is -1.52. The molecule has 0 unspecified atom stereocenters. The second-order valence-corrected chi connectivity index (χ2v) is 6.37. The number of benzene rings is 2. The molecule has 0 spiro atoms. The molecule has 2 aromatic carbocycles. The van der Waals surface area contributed by atoms with Gasteiger partial charge in [-0.1, -0.05) is 48.2 Å². The van der Waals surface area contributed by atoms with Crippen LogP contribution in [0.2, 0.25) is 0 Å². The van der Waals surface area contributed by atoms with Crippen molar-refractivity contribution >= 4 is 21.6 Å². The molecule has 0 aromatic heterocycles. The Bertz CT molecular complexity index is 617. The number of hydrogen-bond donors (Lipinski definition) is 0. The Kier molecular flexibility index (Phi) is 4.23. The third-order valence-corrected chi connectivity index (χ3v) is 4.67. The minimum absolute atomic E-state index is 0.315. The van der Waals surface area contributed by atoms with Crippen molar-refractivity contribution in [1.82, 2.24) is 0 Å². The molecule has 4 heteroatoms. The van der Waals surface area contributed by atoms with Crippen molar-refractivity contribution in [3.05, 3.63) is 71.5 Å². The Balaban J connectivity index is 2.10. The van der Waals surface area contributed by atoms with Gasteiger partial charge in [0.1, 0.15) is 0 Å². The Morgan fingerprint density at radius 3 is 2.00 bits per heavy atom. The number of sulfone groups is 1. The molecule has 0 aliphatic carbocycles. The van der Waals surface area contributed by atoms with Gasteiger partial charge in [-0.15, -0.1) is 0 Å². The van der Waals surface area contributed by atoms with Gasteiger partial charge < -0.3 is 0 Å². The van der Waals surface area contributed by atoms with E-state index in [0.717, 1.165) is 4.90 Å². The van der Waals surface area contributed by atoms with E-state index >= 15 is 0 Å². The summed E-state index contributed by atoms with van der Waals surface area (Å²) in [5.41, 5.74) is 0. The lowest BCUT2D eigenvalue weighted by atomic mass is 10.4. The normalized spacial score (nSPS) is 11.8. The lowest BCUT2D eigenvalue weighted by molar-refractivity contribution is 0.604. The van der Waals surface area contributed by atoms with Crippen LogP contribution >= 0.6 is 11.8 Å². The molecular weight excluding hydrogens is 264 g/mol. The van der Waals surface area contributed by atoms with Crippen LogP contribution in [-0.4, -0.2) is 8.42 Å². The van der Waals surface area contributed by atoms with Crippen molar-refractivity contribution in [2.24, 2.45) is 0 Å². The summed E-state index contributed by atoms with van der Waals surface area (Å²) in [4.78, 5) is 1.33. The molecule has 2 nitrogen and oxygen atoms in total. The zero-order valence-corrected chi connectivity index (χ0v) is 11.2. The fourth-order valence-electron chi connectivity index (χ4n) is 1.37. The van der Waals surface area contributed by atoms with Gasteiger partial charge in [-0.05, 0) is 29.7 Å². The average molecular weight is 276 g/mol. The molecule has 0 aliphatic heterocycles. The molecule has 0 bridgehead atoms. The maximum absolute atomic E-state index is 11.9. The lowest BCUT2D eigenvalue weighted by Crippen LogP contribution is -1.94. The van der Waals surface area contributed by atoms with E-state index in [0.29, 0.717) is 4.90 Å². The summed E-state index contributed by atoms with van der Waals surface area (Å²) < 4.78 is 23.8. The number of hydrogen-bond acceptors (Lipinski definition) is 3. The SMILES string of the molecule is O=S(=O)(C=CSc1ccccc1)c1ccccc1. The minimum atomic E-state index is -3.33. The smallest absolute Gasteiger partial charge is 0.200 e. The van der Waals surface area contributed by atoms with E-state index in [9.17, 15) is 8.42 Å². The molecule has 0 aliphatic rings. The topological polar surface area (TPSA) is 34.1 Å². The molecule has 0 saturated heterocycles. The van der Waals surface area contributed by atoms with E-state index in [2.05, 4.69) is 0 Å². The molecule has 0 heterocycles. The van der Waals surface area contributed by atoms with E-state index in [4.69, 9.17) is 0 Å². The van der Waals surface area contributed by atoms with E-state index < -0.39 is 9.84 Å². The first-order valence-electron chi connectivity index (χ1n) is 5.37. The van der Waals surface area contributed by atoms with Gasteiger partial charge >= 0.3 is 0 Å². The summed E-state index contributed by atoms with van der Waals surface area (Å²) in [6.07, 6.45) is 0. The maximum Gasteiger partial charge on any atom is 0.200 e. The van der Waals surface area contributed by atoms with E-state index in [1.165, 1.54) is 17.2 Å². The monoisotopic (exact) mass is 276 g/mol. The summed E-state index contributed by atoms with van der Waals surface area (Å²) in [6, 6.07) is 18.0. The van der Waals surface area contributed by atoms with Crippen LogP contribution in [0.1, 0.15) is 0 Å². The van der Waals surface area contributed by atoms with Crippen LogP contribution in [0.25, 0.3) is 0 Å². The number of rotatable bonds is 4. The second-order valence-electron chi connectivity index (χ2n) is 3.56. The van der Waals surface area contributed by atoms with Gasteiger partial charge in [0.25, 0.3) is 0 Å². The molecule has 0 amide bonds. The van der Waals surface area contributed by atoms with Gasteiger partial charge in [0.2, 0.25) is 0 Å². The van der Waals surface area contributed by atoms with E-state index in [1.807, 2.05) is 30.3 Å². The van der Waals surface area contributed by atoms with Gasteiger partial charge in [-0.25, -0.2) is 8.42 Å². The Morgan fingerprint density at radius 2 is 1.39 bits per heavy atom. The second kappa shape index (κ2) is 5.89. The van der Waals surface area contributed by atoms with Crippen molar-refractivity contribution in [3.8, 4) is 0 Å². The van der Waals surface area contributed by atoms with Gasteiger partial charge in [0.15, 0.2) is 9.84 Å². The Labute approximate surface area is 111 Å². The summed E-state index contributed by atoms with van der Waals surface area (Å²) in [7, 11) is -3.33. The summed E-state index contributed by atoms with van der Waals surface area (Å²) in [6.45, 7) is 0. The molecule has 0 saturated carbocycles. The molecule has 92 valence electrons. The standard InChI is InChI=1S/C14H12O2S2/c15-18(16,14-9-5-2-6-10-14)12-11-17-13-7-3-1-4-8-13/h1-12H. The highest BCUT2D eigenvalue weighted by molar-refractivity contribution is 8.03. The van der Waals surface area contributed by atoms with Crippen LogP contribution in [-0.2, 0) is 9.84 Å². The van der Waals surface area contributed by atoms with Crippen molar-refractivity contribution < 1.29 is 8.42 Å². The highest BCUT2D eigenvalue weighted by Gasteiger charge is 2.08. The van der Waals surface area contributed by atoms with E-state index in [1.54, 1.807) is 35.7 Å². The highest BCUT2D eigenvalue weighted by Crippen LogP contribution is 2.20. The fraction of sp³-hybridized carbons (Fsp3) is 0. The predicted octanol–water partition coefficient (Wildman–Crippen LogP) is 3.72. The fourth-order valence-corrected chi connectivity index (χ4v) is 3.34. The largest absolute Gasteiger partial charge is 0.219 e. The lowest BCUT2D eigenvalue weighted by Gasteiger charge is -1.98. The molecule has 2 rings (SSSR count). The molecule has 2 aromatic rings. The van der Waals surface area contributed by atoms with E-state index in [-0.39, 0.29) is 0 Å². The van der Waals surface area contributed by atoms with Crippen molar-refractivity contribution in [2.75, 3.05) is 0 Å². The quantitative estimate of drug-likeness (QED) is 0.798. The van der Waals surface area contributed by atoms with Crippen LogP contribution in [0.15, 0.2) is 81.3 Å². The van der Waals surface area contributed by atoms with Crippen molar-refractivity contribution in [2.45, 2.75) is 9.79 Å². The van der Waals surface area contributed by atoms with Crippen molar-refractivity contribution in [3.63, 3.8) is 0 Å². The highest BCUT2D eigenvalue weighted by atomic mass is 32.2. The van der Waals surface area contributed by atoms with Crippen LogP contribution < -0.4 is 0 Å². The zero-order chi connectivity index (χ0) is 12.8. The molecule has 0 fully saturated rings. The first-order chi connectivity index (χ1) is 8.68. The average Bonchev–Trinajstić information content (AvgIpc) is 2.41. The third kappa shape index (κ3) is 3.48. The zero-order valence-electron chi connectivity index (χ0n) is 9.56. The minimum Gasteiger partial charge on any atom is -0.219 e. The molecule has 0 radical (unpaired) electrons. The molecule has 0 atom stereocenters. The van der Waals surface area contributed by atoms with Crippen LogP contribution in [0, 0.1) is 0 Å².